The summed E-state index contributed by atoms with van der Waals surface area (Å²) in [5, 5.41) is 18.6. The quantitative estimate of drug-likeness (QED) is 0.921. The molecular weight excluding hydrogens is 328 g/mol. The highest BCUT2D eigenvalue weighted by molar-refractivity contribution is 5.94. The lowest BCUT2D eigenvalue weighted by Gasteiger charge is -2.39. The number of nitrogens with zero attached hydrogens (tertiary/aromatic N) is 2. The van der Waals surface area contributed by atoms with E-state index >= 15 is 0 Å². The summed E-state index contributed by atoms with van der Waals surface area (Å²) in [5.74, 6) is -0.933. The molecule has 1 heterocycles. The standard InChI is InChI=1S/C21H20N2O3/c22-13-10-16-6-8-17(9-7-16)19(24)23-14-11-21(12-15-23,20(25)26)18-4-2-1-3-5-18/h1-9H,10-12,14-15H2,(H,25,26). The van der Waals surface area contributed by atoms with Crippen LogP contribution in [0.15, 0.2) is 54.6 Å². The van der Waals surface area contributed by atoms with Crippen LogP contribution in [-0.4, -0.2) is 35.0 Å². The lowest BCUT2D eigenvalue weighted by Crippen LogP contribution is -2.49. The molecule has 1 aliphatic rings. The third kappa shape index (κ3) is 3.31. The monoisotopic (exact) mass is 348 g/mol. The van der Waals surface area contributed by atoms with Crippen LogP contribution in [0.25, 0.3) is 0 Å². The van der Waals surface area contributed by atoms with E-state index < -0.39 is 11.4 Å². The number of carboxylic acid groups (broad SMARTS) is 1. The van der Waals surface area contributed by atoms with E-state index in [1.54, 1.807) is 29.2 Å². The lowest BCUT2D eigenvalue weighted by atomic mass is 9.73. The number of hydrogen-bond donors (Lipinski definition) is 1. The van der Waals surface area contributed by atoms with Gasteiger partial charge in [-0.05, 0) is 36.1 Å². The minimum absolute atomic E-state index is 0.0967. The molecule has 26 heavy (non-hydrogen) atoms. The Kier molecular flexibility index (Phi) is 5.04. The maximum Gasteiger partial charge on any atom is 0.314 e. The molecule has 0 bridgehead atoms. The first kappa shape index (κ1) is 17.7. The first-order chi connectivity index (χ1) is 12.6. The van der Waals surface area contributed by atoms with Crippen molar-refractivity contribution < 1.29 is 14.7 Å². The number of rotatable bonds is 4. The molecule has 132 valence electrons. The molecule has 2 aromatic carbocycles. The first-order valence-electron chi connectivity index (χ1n) is 8.61. The molecule has 0 atom stereocenters. The van der Waals surface area contributed by atoms with Gasteiger partial charge in [-0.25, -0.2) is 0 Å². The maximum absolute atomic E-state index is 12.7. The van der Waals surface area contributed by atoms with Gasteiger partial charge in [0.05, 0.1) is 17.9 Å². The second kappa shape index (κ2) is 7.40. The van der Waals surface area contributed by atoms with Crippen LogP contribution in [0, 0.1) is 11.3 Å². The summed E-state index contributed by atoms with van der Waals surface area (Å²) < 4.78 is 0. The summed E-state index contributed by atoms with van der Waals surface area (Å²) in [6.07, 6.45) is 1.10. The number of benzene rings is 2. The normalized spacial score (nSPS) is 15.9. The number of aliphatic carboxylic acids is 1. The van der Waals surface area contributed by atoms with Crippen LogP contribution in [0.2, 0.25) is 0 Å². The maximum atomic E-state index is 12.7. The van der Waals surface area contributed by atoms with Crippen molar-refractivity contribution in [3.63, 3.8) is 0 Å². The zero-order chi connectivity index (χ0) is 18.6. The number of carboxylic acids is 1. The molecule has 0 spiro atoms. The van der Waals surface area contributed by atoms with E-state index in [1.807, 2.05) is 30.3 Å². The Morgan fingerprint density at radius 3 is 2.19 bits per heavy atom. The van der Waals surface area contributed by atoms with E-state index in [4.69, 9.17) is 5.26 Å². The highest BCUT2D eigenvalue weighted by Gasteiger charge is 2.43. The van der Waals surface area contributed by atoms with Crippen LogP contribution < -0.4 is 0 Å². The average Bonchev–Trinajstić information content (AvgIpc) is 2.69. The van der Waals surface area contributed by atoms with Crippen molar-refractivity contribution in [1.82, 2.24) is 4.90 Å². The number of carbonyl (C=O) groups excluding carboxylic acids is 1. The predicted molar refractivity (Wildman–Crippen MR) is 96.7 cm³/mol. The Morgan fingerprint density at radius 2 is 1.65 bits per heavy atom. The number of piperidine rings is 1. The van der Waals surface area contributed by atoms with E-state index in [0.29, 0.717) is 37.9 Å². The molecule has 5 nitrogen and oxygen atoms in total. The van der Waals surface area contributed by atoms with Gasteiger partial charge in [0.15, 0.2) is 0 Å². The molecular formula is C21H20N2O3. The van der Waals surface area contributed by atoms with Gasteiger partial charge in [-0.1, -0.05) is 42.5 Å². The molecule has 0 saturated carbocycles. The SMILES string of the molecule is N#CCc1ccc(C(=O)N2CCC(C(=O)O)(c3ccccc3)CC2)cc1. The lowest BCUT2D eigenvalue weighted by molar-refractivity contribution is -0.145. The summed E-state index contributed by atoms with van der Waals surface area (Å²) in [6, 6.07) is 18.4. The molecule has 0 unspecified atom stereocenters. The van der Waals surface area contributed by atoms with Crippen LogP contribution in [0.4, 0.5) is 0 Å². The smallest absolute Gasteiger partial charge is 0.314 e. The molecule has 1 amide bonds. The minimum Gasteiger partial charge on any atom is -0.481 e. The van der Waals surface area contributed by atoms with Crippen LogP contribution in [0.5, 0.6) is 0 Å². The molecule has 1 N–H and O–H groups in total. The predicted octanol–water partition coefficient (Wildman–Crippen LogP) is 3.01. The van der Waals surface area contributed by atoms with E-state index in [9.17, 15) is 14.7 Å². The van der Waals surface area contributed by atoms with Crippen molar-refractivity contribution in [3.05, 3.63) is 71.3 Å². The van der Waals surface area contributed by atoms with Gasteiger partial charge in [-0.2, -0.15) is 5.26 Å². The fourth-order valence-electron chi connectivity index (χ4n) is 3.51. The Morgan fingerprint density at radius 1 is 1.04 bits per heavy atom. The fraction of sp³-hybridized carbons (Fsp3) is 0.286. The molecule has 5 heteroatoms. The van der Waals surface area contributed by atoms with Crippen LogP contribution in [0.1, 0.15) is 34.3 Å². The Hall–Kier alpha value is -3.13. The van der Waals surface area contributed by atoms with Gasteiger partial charge < -0.3 is 10.0 Å². The summed E-state index contributed by atoms with van der Waals surface area (Å²) in [7, 11) is 0. The summed E-state index contributed by atoms with van der Waals surface area (Å²) >= 11 is 0. The number of carbonyl (C=O) groups is 2. The van der Waals surface area contributed by atoms with Crippen LogP contribution >= 0.6 is 0 Å². The Bertz CT molecular complexity index is 830. The number of likely N-dealkylation sites (tertiary alicyclic amines) is 1. The topological polar surface area (TPSA) is 81.4 Å². The van der Waals surface area contributed by atoms with Gasteiger partial charge in [0.2, 0.25) is 0 Å². The zero-order valence-electron chi connectivity index (χ0n) is 14.4. The van der Waals surface area contributed by atoms with Gasteiger partial charge in [0, 0.05) is 18.7 Å². The van der Waals surface area contributed by atoms with Crippen molar-refractivity contribution in [2.45, 2.75) is 24.7 Å². The van der Waals surface area contributed by atoms with E-state index in [2.05, 4.69) is 6.07 Å². The second-order valence-corrected chi connectivity index (χ2v) is 6.58. The van der Waals surface area contributed by atoms with Crippen molar-refractivity contribution in [3.8, 4) is 6.07 Å². The van der Waals surface area contributed by atoms with E-state index in [0.717, 1.165) is 11.1 Å². The molecule has 0 aromatic heterocycles. The second-order valence-electron chi connectivity index (χ2n) is 6.58. The van der Waals surface area contributed by atoms with E-state index in [1.165, 1.54) is 0 Å². The zero-order valence-corrected chi connectivity index (χ0v) is 14.4. The van der Waals surface area contributed by atoms with Crippen LogP contribution in [-0.2, 0) is 16.6 Å². The van der Waals surface area contributed by atoms with Crippen molar-refractivity contribution >= 4 is 11.9 Å². The molecule has 0 aliphatic carbocycles. The Labute approximate surface area is 152 Å². The van der Waals surface area contributed by atoms with Gasteiger partial charge in [-0.15, -0.1) is 0 Å². The number of hydrogen-bond acceptors (Lipinski definition) is 3. The highest BCUT2D eigenvalue weighted by atomic mass is 16.4. The van der Waals surface area contributed by atoms with E-state index in [-0.39, 0.29) is 5.91 Å². The summed E-state index contributed by atoms with van der Waals surface area (Å²) in [6.45, 7) is 0.806. The average molecular weight is 348 g/mol. The number of amides is 1. The molecule has 1 aliphatic heterocycles. The summed E-state index contributed by atoms with van der Waals surface area (Å²) in [5.41, 5.74) is 1.29. The minimum atomic E-state index is -0.936. The van der Waals surface area contributed by atoms with Crippen LogP contribution in [0.3, 0.4) is 0 Å². The third-order valence-electron chi connectivity index (χ3n) is 5.12. The van der Waals surface area contributed by atoms with Gasteiger partial charge in [-0.3, -0.25) is 9.59 Å². The fourth-order valence-corrected chi connectivity index (χ4v) is 3.51. The van der Waals surface area contributed by atoms with Gasteiger partial charge >= 0.3 is 5.97 Å². The molecule has 0 radical (unpaired) electrons. The van der Waals surface area contributed by atoms with Gasteiger partial charge in [0.25, 0.3) is 5.91 Å². The Balaban J connectivity index is 1.73. The van der Waals surface area contributed by atoms with Crippen molar-refractivity contribution in [1.29, 1.82) is 5.26 Å². The van der Waals surface area contributed by atoms with Crippen molar-refractivity contribution in [2.75, 3.05) is 13.1 Å². The third-order valence-corrected chi connectivity index (χ3v) is 5.12. The van der Waals surface area contributed by atoms with Gasteiger partial charge in [0.1, 0.15) is 0 Å². The van der Waals surface area contributed by atoms with Crippen molar-refractivity contribution in [2.24, 2.45) is 0 Å². The summed E-state index contributed by atoms with van der Waals surface area (Å²) in [4.78, 5) is 26.4. The molecule has 3 rings (SSSR count). The number of nitriles is 1. The molecule has 1 saturated heterocycles. The molecule has 1 fully saturated rings. The molecule has 2 aromatic rings. The first-order valence-corrected chi connectivity index (χ1v) is 8.61. The largest absolute Gasteiger partial charge is 0.481 e. The highest BCUT2D eigenvalue weighted by Crippen LogP contribution is 2.36.